The van der Waals surface area contributed by atoms with Crippen LogP contribution in [0.3, 0.4) is 0 Å². The maximum Gasteiger partial charge on any atom is 0.324 e. The number of rotatable bonds is 4. The van der Waals surface area contributed by atoms with Gasteiger partial charge in [-0.2, -0.15) is 0 Å². The van der Waals surface area contributed by atoms with Crippen LogP contribution < -0.4 is 5.32 Å². The summed E-state index contributed by atoms with van der Waals surface area (Å²) in [6.07, 6.45) is 0. The Labute approximate surface area is 128 Å². The fourth-order valence-electron chi connectivity index (χ4n) is 1.86. The van der Waals surface area contributed by atoms with Gasteiger partial charge in [-0.25, -0.2) is 4.79 Å². The number of carbonyl (C=O) groups is 2. The first-order chi connectivity index (χ1) is 10.1. The Bertz CT molecular complexity index is 655. The number of thioether (sulfide) groups is 1. The molecule has 3 amide bonds. The second-order valence-electron chi connectivity index (χ2n) is 4.33. The fraction of sp³-hybridized carbons (Fsp3) is 0.333. The molecule has 1 unspecified atom stereocenters. The molecule has 1 fully saturated rings. The third-order valence-corrected chi connectivity index (χ3v) is 4.67. The summed E-state index contributed by atoms with van der Waals surface area (Å²) in [6.45, 7) is 2.60. The number of nitrogens with zero attached hydrogens (tertiary/aromatic N) is 3. The maximum atomic E-state index is 12.2. The molecule has 0 bridgehead atoms. The Morgan fingerprint density at radius 1 is 1.57 bits per heavy atom. The van der Waals surface area contributed by atoms with E-state index in [1.54, 1.807) is 6.92 Å². The number of thiophene rings is 1. The fourth-order valence-corrected chi connectivity index (χ4v) is 3.25. The minimum atomic E-state index is -0.467. The van der Waals surface area contributed by atoms with E-state index in [4.69, 9.17) is 4.42 Å². The molecule has 0 aromatic carbocycles. The SMILES string of the molecule is CC(Sc1nnc(-c2cccs2)o1)C(=O)N1CCNC1=O. The van der Waals surface area contributed by atoms with Gasteiger partial charge in [-0.1, -0.05) is 17.8 Å². The van der Waals surface area contributed by atoms with Gasteiger partial charge in [0.05, 0.1) is 10.1 Å². The Morgan fingerprint density at radius 2 is 2.43 bits per heavy atom. The Balaban J connectivity index is 1.66. The van der Waals surface area contributed by atoms with Crippen LogP contribution in [0.1, 0.15) is 6.92 Å². The van der Waals surface area contributed by atoms with Crippen LogP contribution >= 0.6 is 23.1 Å². The van der Waals surface area contributed by atoms with Gasteiger partial charge in [0.1, 0.15) is 0 Å². The molecule has 110 valence electrons. The monoisotopic (exact) mass is 324 g/mol. The summed E-state index contributed by atoms with van der Waals surface area (Å²) in [6, 6.07) is 3.43. The molecule has 1 saturated heterocycles. The zero-order chi connectivity index (χ0) is 14.8. The third-order valence-electron chi connectivity index (χ3n) is 2.89. The second-order valence-corrected chi connectivity index (χ2v) is 6.57. The van der Waals surface area contributed by atoms with Crippen LogP contribution in [-0.4, -0.2) is 45.4 Å². The summed E-state index contributed by atoms with van der Waals surface area (Å²) in [7, 11) is 0. The van der Waals surface area contributed by atoms with E-state index < -0.39 is 5.25 Å². The van der Waals surface area contributed by atoms with Crippen molar-refractivity contribution in [3.8, 4) is 10.8 Å². The normalized spacial score (nSPS) is 16.0. The average Bonchev–Trinajstić information content (AvgIpc) is 3.17. The van der Waals surface area contributed by atoms with Crippen molar-refractivity contribution in [2.24, 2.45) is 0 Å². The average molecular weight is 324 g/mol. The summed E-state index contributed by atoms with van der Waals surface area (Å²) in [5, 5.41) is 12.2. The summed E-state index contributed by atoms with van der Waals surface area (Å²) in [5.41, 5.74) is 0. The molecular formula is C12H12N4O3S2. The largest absolute Gasteiger partial charge is 0.410 e. The number of imide groups is 1. The van der Waals surface area contributed by atoms with Crippen molar-refractivity contribution in [3.05, 3.63) is 17.5 Å². The predicted octanol–water partition coefficient (Wildman–Crippen LogP) is 1.83. The van der Waals surface area contributed by atoms with Crippen LogP contribution in [-0.2, 0) is 4.79 Å². The van der Waals surface area contributed by atoms with E-state index in [9.17, 15) is 9.59 Å². The molecule has 2 aromatic rings. The van der Waals surface area contributed by atoms with Gasteiger partial charge in [0.25, 0.3) is 11.1 Å². The standard InChI is InChI=1S/C12H12N4O3S2/c1-7(10(17)16-5-4-13-11(16)18)21-12-15-14-9(19-12)8-3-2-6-20-8/h2-3,6-7H,4-5H2,1H3,(H,13,18). The van der Waals surface area contributed by atoms with Gasteiger partial charge in [0.2, 0.25) is 5.91 Å². The Morgan fingerprint density at radius 3 is 3.10 bits per heavy atom. The first-order valence-corrected chi connectivity index (χ1v) is 8.04. The van der Waals surface area contributed by atoms with Crippen molar-refractivity contribution in [2.75, 3.05) is 13.1 Å². The summed E-state index contributed by atoms with van der Waals surface area (Å²) < 4.78 is 5.52. The Hall–Kier alpha value is -1.87. The minimum Gasteiger partial charge on any atom is -0.410 e. The van der Waals surface area contributed by atoms with Crippen LogP contribution in [0.25, 0.3) is 10.8 Å². The van der Waals surface area contributed by atoms with Crippen LogP contribution in [0.15, 0.2) is 27.2 Å². The predicted molar refractivity (Wildman–Crippen MR) is 78.0 cm³/mol. The lowest BCUT2D eigenvalue weighted by Crippen LogP contribution is -2.38. The number of urea groups is 1. The van der Waals surface area contributed by atoms with Crippen molar-refractivity contribution in [1.29, 1.82) is 0 Å². The van der Waals surface area contributed by atoms with E-state index in [-0.39, 0.29) is 11.9 Å². The summed E-state index contributed by atoms with van der Waals surface area (Å²) in [5.74, 6) is 0.178. The molecule has 1 N–H and O–H groups in total. The number of nitrogens with one attached hydrogen (secondary N) is 1. The molecule has 0 aliphatic carbocycles. The number of hydrogen-bond donors (Lipinski definition) is 1. The molecule has 7 nitrogen and oxygen atoms in total. The number of aromatic nitrogens is 2. The van der Waals surface area contributed by atoms with E-state index in [0.717, 1.165) is 16.6 Å². The molecule has 0 spiro atoms. The van der Waals surface area contributed by atoms with Gasteiger partial charge in [0.15, 0.2) is 0 Å². The molecule has 3 heterocycles. The topological polar surface area (TPSA) is 88.3 Å². The van der Waals surface area contributed by atoms with Gasteiger partial charge in [0, 0.05) is 13.1 Å². The highest BCUT2D eigenvalue weighted by atomic mass is 32.2. The molecule has 2 aromatic heterocycles. The van der Waals surface area contributed by atoms with E-state index >= 15 is 0 Å². The zero-order valence-corrected chi connectivity index (χ0v) is 12.7. The van der Waals surface area contributed by atoms with E-state index in [1.807, 2.05) is 17.5 Å². The molecular weight excluding hydrogens is 312 g/mol. The molecule has 9 heteroatoms. The highest BCUT2D eigenvalue weighted by Crippen LogP contribution is 2.29. The molecule has 0 radical (unpaired) electrons. The smallest absolute Gasteiger partial charge is 0.324 e. The highest BCUT2D eigenvalue weighted by molar-refractivity contribution is 8.00. The lowest BCUT2D eigenvalue weighted by molar-refractivity contribution is -0.126. The number of carbonyl (C=O) groups excluding carboxylic acids is 2. The van der Waals surface area contributed by atoms with Gasteiger partial charge in [-0.15, -0.1) is 21.5 Å². The Kier molecular flexibility index (Phi) is 3.93. The van der Waals surface area contributed by atoms with Crippen LogP contribution in [0.2, 0.25) is 0 Å². The van der Waals surface area contributed by atoms with Crippen molar-refractivity contribution >= 4 is 35.0 Å². The van der Waals surface area contributed by atoms with Gasteiger partial charge >= 0.3 is 6.03 Å². The summed E-state index contributed by atoms with van der Waals surface area (Å²) in [4.78, 5) is 25.7. The van der Waals surface area contributed by atoms with Gasteiger partial charge < -0.3 is 9.73 Å². The lowest BCUT2D eigenvalue weighted by Gasteiger charge is -2.15. The maximum absolute atomic E-state index is 12.2. The highest BCUT2D eigenvalue weighted by Gasteiger charge is 2.31. The molecule has 0 saturated carbocycles. The molecule has 1 atom stereocenters. The van der Waals surface area contributed by atoms with Crippen molar-refractivity contribution in [2.45, 2.75) is 17.4 Å². The van der Waals surface area contributed by atoms with Crippen molar-refractivity contribution < 1.29 is 14.0 Å². The number of hydrogen-bond acceptors (Lipinski definition) is 7. The van der Waals surface area contributed by atoms with Gasteiger partial charge in [-0.05, 0) is 18.4 Å². The van der Waals surface area contributed by atoms with Crippen molar-refractivity contribution in [3.63, 3.8) is 0 Å². The molecule has 1 aliphatic rings. The van der Waals surface area contributed by atoms with E-state index in [2.05, 4.69) is 15.5 Å². The zero-order valence-electron chi connectivity index (χ0n) is 11.1. The summed E-state index contributed by atoms with van der Waals surface area (Å²) >= 11 is 2.65. The lowest BCUT2D eigenvalue weighted by atomic mass is 10.4. The van der Waals surface area contributed by atoms with Crippen LogP contribution in [0.4, 0.5) is 4.79 Å². The molecule has 1 aliphatic heterocycles. The van der Waals surface area contributed by atoms with E-state index in [0.29, 0.717) is 24.2 Å². The first kappa shape index (κ1) is 14.1. The van der Waals surface area contributed by atoms with Gasteiger partial charge in [-0.3, -0.25) is 9.69 Å². The molecule has 3 rings (SSSR count). The second kappa shape index (κ2) is 5.86. The first-order valence-electron chi connectivity index (χ1n) is 6.28. The van der Waals surface area contributed by atoms with Crippen LogP contribution in [0.5, 0.6) is 0 Å². The van der Waals surface area contributed by atoms with Crippen molar-refractivity contribution in [1.82, 2.24) is 20.4 Å². The third kappa shape index (κ3) is 2.93. The minimum absolute atomic E-state index is 0.258. The van der Waals surface area contributed by atoms with Crippen LogP contribution in [0, 0.1) is 0 Å². The number of amides is 3. The van der Waals surface area contributed by atoms with E-state index in [1.165, 1.54) is 16.2 Å². The quantitative estimate of drug-likeness (QED) is 0.863. The molecule has 21 heavy (non-hydrogen) atoms.